The minimum atomic E-state index is -0.0192. The van der Waals surface area contributed by atoms with E-state index in [-0.39, 0.29) is 6.10 Å². The van der Waals surface area contributed by atoms with E-state index in [4.69, 9.17) is 21.1 Å². The fraction of sp³-hybridized carbons (Fsp3) is 0.538. The predicted octanol–water partition coefficient (Wildman–Crippen LogP) is 3.25. The molecule has 1 atom stereocenters. The van der Waals surface area contributed by atoms with Crippen molar-refractivity contribution in [1.82, 2.24) is 5.32 Å². The van der Waals surface area contributed by atoms with Crippen molar-refractivity contribution in [2.24, 2.45) is 0 Å². The van der Waals surface area contributed by atoms with Crippen molar-refractivity contribution in [3.05, 3.63) is 27.7 Å². The van der Waals surface area contributed by atoms with Crippen LogP contribution in [0.3, 0.4) is 0 Å². The summed E-state index contributed by atoms with van der Waals surface area (Å²) in [6.45, 7) is 1.33. The molecular formula is C13H17BrClNO2. The third kappa shape index (κ3) is 4.43. The number of halogens is 2. The second kappa shape index (κ2) is 6.75. The first-order valence-electron chi connectivity index (χ1n) is 6.03. The Morgan fingerprint density at radius 1 is 1.50 bits per heavy atom. The first-order chi connectivity index (χ1) is 8.69. The highest BCUT2D eigenvalue weighted by molar-refractivity contribution is 9.10. The summed E-state index contributed by atoms with van der Waals surface area (Å²) in [4.78, 5) is 0. The van der Waals surface area contributed by atoms with Crippen LogP contribution in [-0.2, 0) is 4.74 Å². The van der Waals surface area contributed by atoms with E-state index in [0.29, 0.717) is 23.4 Å². The first kappa shape index (κ1) is 14.1. The summed E-state index contributed by atoms with van der Waals surface area (Å²) in [5.74, 6) is 0.694. The van der Waals surface area contributed by atoms with Crippen LogP contribution in [-0.4, -0.2) is 32.4 Å². The number of ether oxygens (including phenoxy) is 2. The summed E-state index contributed by atoms with van der Waals surface area (Å²) in [5.41, 5.74) is 0. The molecule has 1 N–H and O–H groups in total. The summed E-state index contributed by atoms with van der Waals surface area (Å²) >= 11 is 9.51. The second-order valence-corrected chi connectivity index (χ2v) is 5.78. The van der Waals surface area contributed by atoms with Crippen LogP contribution >= 0.6 is 27.5 Å². The average Bonchev–Trinajstić information content (AvgIpc) is 3.13. The summed E-state index contributed by atoms with van der Waals surface area (Å²) in [6, 6.07) is 6.27. The van der Waals surface area contributed by atoms with Crippen LogP contribution in [0, 0.1) is 0 Å². The lowest BCUT2D eigenvalue weighted by atomic mass is 10.3. The highest BCUT2D eigenvalue weighted by Crippen LogP contribution is 2.28. The molecule has 1 aromatic rings. The molecule has 0 bridgehead atoms. The lowest BCUT2D eigenvalue weighted by Gasteiger charge is -2.19. The molecule has 5 heteroatoms. The van der Waals surface area contributed by atoms with Crippen LogP contribution < -0.4 is 10.1 Å². The Kier molecular flexibility index (Phi) is 5.30. The van der Waals surface area contributed by atoms with Crippen molar-refractivity contribution in [1.29, 1.82) is 0 Å². The molecule has 1 unspecified atom stereocenters. The van der Waals surface area contributed by atoms with Gasteiger partial charge in [0.15, 0.2) is 0 Å². The monoisotopic (exact) mass is 333 g/mol. The molecule has 1 aliphatic carbocycles. The van der Waals surface area contributed by atoms with Crippen molar-refractivity contribution in [2.75, 3.05) is 20.3 Å². The second-order valence-electron chi connectivity index (χ2n) is 4.45. The zero-order valence-corrected chi connectivity index (χ0v) is 12.6. The lowest BCUT2D eigenvalue weighted by Crippen LogP contribution is -2.36. The summed E-state index contributed by atoms with van der Waals surface area (Å²) in [5, 5.41) is 4.04. The van der Waals surface area contributed by atoms with E-state index in [2.05, 4.69) is 21.2 Å². The summed E-state index contributed by atoms with van der Waals surface area (Å²) in [7, 11) is 1.68. The first-order valence-corrected chi connectivity index (χ1v) is 7.20. The largest absolute Gasteiger partial charge is 0.485 e. The molecule has 100 valence electrons. The van der Waals surface area contributed by atoms with Crippen LogP contribution in [0.15, 0.2) is 22.7 Å². The molecule has 18 heavy (non-hydrogen) atoms. The van der Waals surface area contributed by atoms with E-state index in [1.54, 1.807) is 7.11 Å². The van der Waals surface area contributed by atoms with Gasteiger partial charge in [0.05, 0.1) is 11.6 Å². The van der Waals surface area contributed by atoms with Gasteiger partial charge < -0.3 is 14.8 Å². The molecule has 0 spiro atoms. The Bertz CT molecular complexity index is 399. The maximum Gasteiger partial charge on any atom is 0.138 e. The average molecular weight is 335 g/mol. The Balaban J connectivity index is 1.92. The lowest BCUT2D eigenvalue weighted by molar-refractivity contribution is 0.0804. The smallest absolute Gasteiger partial charge is 0.138 e. The van der Waals surface area contributed by atoms with Crippen LogP contribution in [0.25, 0.3) is 0 Å². The molecule has 0 aliphatic heterocycles. The molecule has 2 rings (SSSR count). The Labute approximate surface area is 121 Å². The van der Waals surface area contributed by atoms with E-state index >= 15 is 0 Å². The normalized spacial score (nSPS) is 16.6. The minimum Gasteiger partial charge on any atom is -0.485 e. The van der Waals surface area contributed by atoms with Gasteiger partial charge in [-0.1, -0.05) is 27.5 Å². The van der Waals surface area contributed by atoms with Gasteiger partial charge >= 0.3 is 0 Å². The van der Waals surface area contributed by atoms with Gasteiger partial charge in [-0.3, -0.25) is 0 Å². The molecule has 1 fully saturated rings. The summed E-state index contributed by atoms with van der Waals surface area (Å²) in [6.07, 6.45) is 2.51. The molecular weight excluding hydrogens is 318 g/mol. The Morgan fingerprint density at radius 3 is 2.89 bits per heavy atom. The number of rotatable bonds is 7. The van der Waals surface area contributed by atoms with E-state index in [1.165, 1.54) is 12.8 Å². The molecule has 0 radical (unpaired) electrons. The molecule has 1 saturated carbocycles. The third-order valence-electron chi connectivity index (χ3n) is 2.75. The molecule has 0 aromatic heterocycles. The zero-order valence-electron chi connectivity index (χ0n) is 10.3. The van der Waals surface area contributed by atoms with Crippen molar-refractivity contribution >= 4 is 27.5 Å². The highest BCUT2D eigenvalue weighted by Gasteiger charge is 2.22. The van der Waals surface area contributed by atoms with E-state index < -0.39 is 0 Å². The fourth-order valence-corrected chi connectivity index (χ4v) is 2.37. The molecule has 1 aliphatic rings. The van der Waals surface area contributed by atoms with Crippen LogP contribution in [0.4, 0.5) is 0 Å². The SMILES string of the molecule is COCC(CNC1CC1)Oc1ccc(Br)cc1Cl. The van der Waals surface area contributed by atoms with Gasteiger partial charge in [-0.2, -0.15) is 0 Å². The molecule has 0 saturated heterocycles. The minimum absolute atomic E-state index is 0.0192. The van der Waals surface area contributed by atoms with Crippen molar-refractivity contribution in [2.45, 2.75) is 25.0 Å². The van der Waals surface area contributed by atoms with E-state index in [1.807, 2.05) is 18.2 Å². The summed E-state index contributed by atoms with van der Waals surface area (Å²) < 4.78 is 12.0. The molecule has 1 aromatic carbocycles. The number of hydrogen-bond donors (Lipinski definition) is 1. The topological polar surface area (TPSA) is 30.5 Å². The number of benzene rings is 1. The zero-order chi connectivity index (χ0) is 13.0. The van der Waals surface area contributed by atoms with Gasteiger partial charge in [0.2, 0.25) is 0 Å². The number of hydrogen-bond acceptors (Lipinski definition) is 3. The van der Waals surface area contributed by atoms with Gasteiger partial charge in [-0.25, -0.2) is 0 Å². The van der Waals surface area contributed by atoms with Crippen LogP contribution in [0.1, 0.15) is 12.8 Å². The van der Waals surface area contributed by atoms with Gasteiger partial charge in [0.1, 0.15) is 11.9 Å². The van der Waals surface area contributed by atoms with Gasteiger partial charge in [-0.15, -0.1) is 0 Å². The maximum absolute atomic E-state index is 6.13. The van der Waals surface area contributed by atoms with E-state index in [9.17, 15) is 0 Å². The van der Waals surface area contributed by atoms with E-state index in [0.717, 1.165) is 11.0 Å². The van der Waals surface area contributed by atoms with Crippen molar-refractivity contribution < 1.29 is 9.47 Å². The number of methoxy groups -OCH3 is 1. The van der Waals surface area contributed by atoms with Gasteiger partial charge in [-0.05, 0) is 31.0 Å². The Hall–Kier alpha value is -0.290. The molecule has 3 nitrogen and oxygen atoms in total. The standard InChI is InChI=1S/C13H17BrClNO2/c1-17-8-11(7-16-10-3-4-10)18-13-5-2-9(14)6-12(13)15/h2,5-6,10-11,16H,3-4,7-8H2,1H3. The molecule has 0 amide bonds. The maximum atomic E-state index is 6.13. The molecule has 0 heterocycles. The quantitative estimate of drug-likeness (QED) is 0.830. The third-order valence-corrected chi connectivity index (χ3v) is 3.54. The Morgan fingerprint density at radius 2 is 2.28 bits per heavy atom. The fourth-order valence-electron chi connectivity index (χ4n) is 1.66. The van der Waals surface area contributed by atoms with Crippen molar-refractivity contribution in [3.63, 3.8) is 0 Å². The van der Waals surface area contributed by atoms with Crippen LogP contribution in [0.5, 0.6) is 5.75 Å². The predicted molar refractivity (Wildman–Crippen MR) is 76.5 cm³/mol. The van der Waals surface area contributed by atoms with Crippen LogP contribution in [0.2, 0.25) is 5.02 Å². The van der Waals surface area contributed by atoms with Gasteiger partial charge in [0, 0.05) is 24.2 Å². The number of nitrogens with one attached hydrogen (secondary N) is 1. The highest BCUT2D eigenvalue weighted by atomic mass is 79.9. The van der Waals surface area contributed by atoms with Gasteiger partial charge in [0.25, 0.3) is 0 Å². The van der Waals surface area contributed by atoms with Crippen molar-refractivity contribution in [3.8, 4) is 5.75 Å².